The van der Waals surface area contributed by atoms with E-state index in [4.69, 9.17) is 16.7 Å². The number of fused-ring (bicyclic) bond motifs is 1. The highest BCUT2D eigenvalue weighted by molar-refractivity contribution is 6.34. The number of carboxylic acids is 1. The summed E-state index contributed by atoms with van der Waals surface area (Å²) in [6.45, 7) is 0. The first-order chi connectivity index (χ1) is 11.0. The molecule has 2 aromatic rings. The van der Waals surface area contributed by atoms with Gasteiger partial charge in [-0.2, -0.15) is 0 Å². The van der Waals surface area contributed by atoms with Crippen molar-refractivity contribution in [2.75, 3.05) is 10.6 Å². The molecule has 1 heterocycles. The van der Waals surface area contributed by atoms with Crippen LogP contribution in [0.15, 0.2) is 42.6 Å². The molecule has 6 nitrogen and oxygen atoms in total. The number of amides is 1. The second kappa shape index (κ2) is 5.66. The molecule has 0 spiro atoms. The molecule has 0 radical (unpaired) electrons. The molecule has 1 aliphatic heterocycles. The monoisotopic (exact) mass is 330 g/mol. The van der Waals surface area contributed by atoms with Gasteiger partial charge in [-0.3, -0.25) is 4.79 Å². The zero-order valence-electron chi connectivity index (χ0n) is 11.6. The van der Waals surface area contributed by atoms with Crippen LogP contribution in [0.1, 0.15) is 15.9 Å². The van der Waals surface area contributed by atoms with Gasteiger partial charge in [-0.15, -0.1) is 0 Å². The second-order valence-electron chi connectivity index (χ2n) is 4.88. The second-order valence-corrected chi connectivity index (χ2v) is 5.32. The first-order valence-corrected chi connectivity index (χ1v) is 6.98. The molecule has 0 bridgehead atoms. The van der Waals surface area contributed by atoms with Gasteiger partial charge in [0, 0.05) is 28.2 Å². The smallest absolute Gasteiger partial charge is 0.339 e. The predicted octanol–water partition coefficient (Wildman–Crippen LogP) is 3.15. The quantitative estimate of drug-likeness (QED) is 0.512. The average molecular weight is 331 g/mol. The molecule has 2 aromatic carbocycles. The van der Waals surface area contributed by atoms with Crippen LogP contribution in [0.5, 0.6) is 5.75 Å². The highest BCUT2D eigenvalue weighted by atomic mass is 35.5. The fourth-order valence-corrected chi connectivity index (χ4v) is 2.43. The summed E-state index contributed by atoms with van der Waals surface area (Å²) in [6, 6.07) is 9.10. The minimum atomic E-state index is -1.24. The summed E-state index contributed by atoms with van der Waals surface area (Å²) in [5.41, 5.74) is 1.90. The molecule has 0 aliphatic carbocycles. The molecule has 0 atom stereocenters. The standard InChI is InChI=1S/C16H11ClN2O4/c17-8-1-3-13-10(5-8)12(15(21)19-13)7-18-9-2-4-14(20)11(6-9)16(22)23/h1-7,18,20H,(H,19,21)(H,22,23). The van der Waals surface area contributed by atoms with Crippen LogP contribution in [0, 0.1) is 0 Å². The van der Waals surface area contributed by atoms with Crippen molar-refractivity contribution >= 4 is 40.4 Å². The van der Waals surface area contributed by atoms with Crippen molar-refractivity contribution < 1.29 is 19.8 Å². The van der Waals surface area contributed by atoms with Crippen LogP contribution in [-0.4, -0.2) is 22.1 Å². The Balaban J connectivity index is 1.92. The van der Waals surface area contributed by atoms with Crippen LogP contribution < -0.4 is 10.6 Å². The topological polar surface area (TPSA) is 98.7 Å². The van der Waals surface area contributed by atoms with Crippen LogP contribution >= 0.6 is 11.6 Å². The molecule has 23 heavy (non-hydrogen) atoms. The van der Waals surface area contributed by atoms with E-state index in [2.05, 4.69) is 10.6 Å². The number of nitrogens with one attached hydrogen (secondary N) is 2. The van der Waals surface area contributed by atoms with Gasteiger partial charge in [0.25, 0.3) is 5.91 Å². The molecule has 0 unspecified atom stereocenters. The van der Waals surface area contributed by atoms with E-state index in [1.165, 1.54) is 24.4 Å². The fraction of sp³-hybridized carbons (Fsp3) is 0. The zero-order chi connectivity index (χ0) is 16.6. The Hall–Kier alpha value is -2.99. The summed E-state index contributed by atoms with van der Waals surface area (Å²) in [5.74, 6) is -1.85. The van der Waals surface area contributed by atoms with E-state index in [-0.39, 0.29) is 17.2 Å². The molecule has 7 heteroatoms. The Labute approximate surface area is 136 Å². The third-order valence-electron chi connectivity index (χ3n) is 3.37. The minimum absolute atomic E-state index is 0.229. The largest absolute Gasteiger partial charge is 0.507 e. The van der Waals surface area contributed by atoms with E-state index in [1.807, 2.05) is 0 Å². The number of rotatable bonds is 3. The van der Waals surface area contributed by atoms with E-state index in [1.54, 1.807) is 18.2 Å². The number of carbonyl (C=O) groups excluding carboxylic acids is 1. The zero-order valence-corrected chi connectivity index (χ0v) is 12.4. The van der Waals surface area contributed by atoms with Crippen molar-refractivity contribution in [1.82, 2.24) is 0 Å². The maximum Gasteiger partial charge on any atom is 0.339 e. The van der Waals surface area contributed by atoms with E-state index in [0.717, 1.165) is 0 Å². The number of hydrogen-bond donors (Lipinski definition) is 4. The van der Waals surface area contributed by atoms with Crippen molar-refractivity contribution in [3.8, 4) is 5.75 Å². The van der Waals surface area contributed by atoms with Gasteiger partial charge >= 0.3 is 5.97 Å². The maximum absolute atomic E-state index is 12.0. The molecule has 1 aliphatic rings. The van der Waals surface area contributed by atoms with E-state index in [9.17, 15) is 14.7 Å². The lowest BCUT2D eigenvalue weighted by Gasteiger charge is -2.05. The van der Waals surface area contributed by atoms with Gasteiger partial charge in [0.15, 0.2) is 0 Å². The molecule has 0 saturated carbocycles. The van der Waals surface area contributed by atoms with Crippen LogP contribution in [0.25, 0.3) is 5.57 Å². The first kappa shape index (κ1) is 14.9. The molecule has 4 N–H and O–H groups in total. The van der Waals surface area contributed by atoms with Gasteiger partial charge < -0.3 is 20.8 Å². The third-order valence-corrected chi connectivity index (χ3v) is 3.61. The van der Waals surface area contributed by atoms with E-state index >= 15 is 0 Å². The number of halogens is 1. The lowest BCUT2D eigenvalue weighted by Crippen LogP contribution is -2.05. The van der Waals surface area contributed by atoms with Crippen LogP contribution in [0.4, 0.5) is 11.4 Å². The van der Waals surface area contributed by atoms with Gasteiger partial charge in [-0.25, -0.2) is 4.79 Å². The van der Waals surface area contributed by atoms with Crippen LogP contribution in [0.2, 0.25) is 5.02 Å². The number of benzene rings is 2. The molecule has 1 amide bonds. The minimum Gasteiger partial charge on any atom is -0.507 e. The summed E-state index contributed by atoms with van der Waals surface area (Å²) in [7, 11) is 0. The number of carboxylic acid groups (broad SMARTS) is 1. The van der Waals surface area contributed by atoms with Crippen molar-refractivity contribution in [2.24, 2.45) is 0 Å². The first-order valence-electron chi connectivity index (χ1n) is 6.60. The molecule has 3 rings (SSSR count). The van der Waals surface area contributed by atoms with E-state index in [0.29, 0.717) is 27.5 Å². The van der Waals surface area contributed by atoms with E-state index < -0.39 is 5.97 Å². The summed E-state index contributed by atoms with van der Waals surface area (Å²) in [6.07, 6.45) is 1.47. The number of anilines is 2. The Morgan fingerprint density at radius 2 is 2.00 bits per heavy atom. The normalized spacial score (nSPS) is 14.5. The van der Waals surface area contributed by atoms with Crippen LogP contribution in [-0.2, 0) is 4.79 Å². The lowest BCUT2D eigenvalue weighted by atomic mass is 10.1. The third kappa shape index (κ3) is 2.84. The number of aromatic carboxylic acids is 1. The van der Waals surface area contributed by atoms with Gasteiger partial charge in [0.05, 0.1) is 5.57 Å². The SMILES string of the molecule is O=C1Nc2ccc(Cl)cc2C1=CNc1ccc(O)c(C(=O)O)c1. The Bertz CT molecular complexity index is 861. The number of carbonyl (C=O) groups is 2. The molecular weight excluding hydrogens is 320 g/mol. The summed E-state index contributed by atoms with van der Waals surface area (Å²) >= 11 is 5.95. The van der Waals surface area contributed by atoms with Gasteiger partial charge in [0.1, 0.15) is 11.3 Å². The highest BCUT2D eigenvalue weighted by Gasteiger charge is 2.24. The fourth-order valence-electron chi connectivity index (χ4n) is 2.26. The van der Waals surface area contributed by atoms with Crippen molar-refractivity contribution in [1.29, 1.82) is 0 Å². The Kier molecular flexibility index (Phi) is 3.67. The van der Waals surface area contributed by atoms with Crippen molar-refractivity contribution in [3.63, 3.8) is 0 Å². The highest BCUT2D eigenvalue weighted by Crippen LogP contribution is 2.33. The average Bonchev–Trinajstić information content (AvgIpc) is 2.81. The predicted molar refractivity (Wildman–Crippen MR) is 86.7 cm³/mol. The molecule has 116 valence electrons. The van der Waals surface area contributed by atoms with Crippen LogP contribution in [0.3, 0.4) is 0 Å². The maximum atomic E-state index is 12.0. The van der Waals surface area contributed by atoms with Gasteiger partial charge in [0.2, 0.25) is 0 Å². The lowest BCUT2D eigenvalue weighted by molar-refractivity contribution is -0.110. The molecule has 0 fully saturated rings. The Morgan fingerprint density at radius 3 is 2.74 bits per heavy atom. The summed E-state index contributed by atoms with van der Waals surface area (Å²) in [4.78, 5) is 23.0. The number of hydrogen-bond acceptors (Lipinski definition) is 4. The van der Waals surface area contributed by atoms with Gasteiger partial charge in [-0.05, 0) is 36.4 Å². The summed E-state index contributed by atoms with van der Waals surface area (Å²) < 4.78 is 0. The number of phenols is 1. The summed E-state index contributed by atoms with van der Waals surface area (Å²) in [5, 5.41) is 24.5. The van der Waals surface area contributed by atoms with Crippen molar-refractivity contribution in [3.05, 3.63) is 58.7 Å². The van der Waals surface area contributed by atoms with Crippen molar-refractivity contribution in [2.45, 2.75) is 0 Å². The molecular formula is C16H11ClN2O4. The van der Waals surface area contributed by atoms with Gasteiger partial charge in [-0.1, -0.05) is 11.6 Å². The Morgan fingerprint density at radius 1 is 1.22 bits per heavy atom. The molecule has 0 aromatic heterocycles. The number of aromatic hydroxyl groups is 1. The molecule has 0 saturated heterocycles.